The number of nitrogens with zero attached hydrogens (tertiary/aromatic N) is 2. The molecule has 1 saturated heterocycles. The third-order valence-corrected chi connectivity index (χ3v) is 7.14. The molecule has 1 fully saturated rings. The van der Waals surface area contributed by atoms with Crippen molar-refractivity contribution in [3.63, 3.8) is 0 Å². The van der Waals surface area contributed by atoms with E-state index in [1.165, 1.54) is 11.8 Å². The van der Waals surface area contributed by atoms with Gasteiger partial charge in [-0.1, -0.05) is 76.9 Å². The van der Waals surface area contributed by atoms with Crippen LogP contribution >= 0.6 is 46.6 Å². The Labute approximate surface area is 217 Å². The lowest BCUT2D eigenvalue weighted by Gasteiger charge is -2.32. The predicted octanol–water partition coefficient (Wildman–Crippen LogP) is 6.85. The van der Waals surface area contributed by atoms with Crippen LogP contribution in [0.3, 0.4) is 0 Å². The van der Waals surface area contributed by atoms with E-state index in [0.717, 1.165) is 5.56 Å². The molecule has 1 atom stereocenters. The summed E-state index contributed by atoms with van der Waals surface area (Å²) in [6.07, 6.45) is 0.671. The van der Waals surface area contributed by atoms with Crippen molar-refractivity contribution in [1.29, 1.82) is 0 Å². The quantitative estimate of drug-likeness (QED) is 0.378. The number of hydrogen-bond donors (Lipinski definition) is 1. The van der Waals surface area contributed by atoms with Crippen molar-refractivity contribution in [3.8, 4) is 0 Å². The summed E-state index contributed by atoms with van der Waals surface area (Å²) in [6, 6.07) is 21.5. The highest BCUT2D eigenvalue weighted by atomic mass is 35.5. The highest BCUT2D eigenvalue weighted by molar-refractivity contribution is 8.15. The van der Waals surface area contributed by atoms with Crippen LogP contribution in [0.15, 0.2) is 77.8 Å². The maximum absolute atomic E-state index is 13.1. The molecule has 0 bridgehead atoms. The van der Waals surface area contributed by atoms with Crippen LogP contribution in [0.25, 0.3) is 0 Å². The van der Waals surface area contributed by atoms with Crippen LogP contribution in [-0.4, -0.2) is 33.7 Å². The van der Waals surface area contributed by atoms with E-state index in [4.69, 9.17) is 34.8 Å². The molecule has 34 heavy (non-hydrogen) atoms. The minimum Gasteiger partial charge on any atom is -0.324 e. The molecule has 9 heteroatoms. The summed E-state index contributed by atoms with van der Waals surface area (Å²) in [7, 11) is 0. The molecule has 2 amide bonds. The number of thioether (sulfide) groups is 1. The van der Waals surface area contributed by atoms with Gasteiger partial charge in [-0.05, 0) is 54.4 Å². The average Bonchev–Trinajstić information content (AvgIpc) is 2.81. The fraction of sp³-hybridized carbons (Fsp3) is 0.160. The molecule has 174 valence electrons. The van der Waals surface area contributed by atoms with Crippen LogP contribution in [0.5, 0.6) is 0 Å². The van der Waals surface area contributed by atoms with Crippen molar-refractivity contribution >= 4 is 74.9 Å². The van der Waals surface area contributed by atoms with E-state index in [2.05, 4.69) is 10.3 Å². The number of hydrogen-bond acceptors (Lipinski definition) is 4. The minimum atomic E-state index is -0.645. The Kier molecular flexibility index (Phi) is 8.16. The number of carbonyl (C=O) groups is 2. The van der Waals surface area contributed by atoms with E-state index in [1.807, 2.05) is 24.3 Å². The number of para-hydroxylation sites is 1. The van der Waals surface area contributed by atoms with Crippen molar-refractivity contribution in [1.82, 2.24) is 4.90 Å². The first-order valence-electron chi connectivity index (χ1n) is 10.5. The van der Waals surface area contributed by atoms with E-state index in [1.54, 1.807) is 53.4 Å². The molecule has 1 unspecified atom stereocenters. The molecule has 0 saturated carbocycles. The van der Waals surface area contributed by atoms with Crippen LogP contribution in [0, 0.1) is 0 Å². The molecule has 0 radical (unpaired) electrons. The van der Waals surface area contributed by atoms with Gasteiger partial charge in [0, 0.05) is 23.0 Å². The maximum Gasteiger partial charge on any atom is 0.238 e. The number of halogens is 3. The Balaban J connectivity index is 1.56. The van der Waals surface area contributed by atoms with E-state index in [0.29, 0.717) is 44.6 Å². The molecule has 3 aromatic rings. The fourth-order valence-corrected chi connectivity index (χ4v) is 5.00. The first-order valence-corrected chi connectivity index (χ1v) is 12.5. The highest BCUT2D eigenvalue weighted by Crippen LogP contribution is 2.31. The smallest absolute Gasteiger partial charge is 0.238 e. The van der Waals surface area contributed by atoms with Gasteiger partial charge in [-0.2, -0.15) is 0 Å². The second-order valence-electron chi connectivity index (χ2n) is 7.58. The largest absolute Gasteiger partial charge is 0.324 e. The lowest BCUT2D eigenvalue weighted by molar-refractivity contribution is -0.129. The number of rotatable bonds is 6. The average molecular weight is 533 g/mol. The van der Waals surface area contributed by atoms with Crippen LogP contribution in [0.2, 0.25) is 15.1 Å². The van der Waals surface area contributed by atoms with Gasteiger partial charge in [-0.25, -0.2) is 4.99 Å². The van der Waals surface area contributed by atoms with Gasteiger partial charge in [0.05, 0.1) is 16.4 Å². The Hall–Kier alpha value is -2.51. The number of amidine groups is 1. The number of benzene rings is 3. The fourth-order valence-electron chi connectivity index (χ4n) is 3.39. The number of amides is 2. The van der Waals surface area contributed by atoms with E-state index < -0.39 is 5.25 Å². The van der Waals surface area contributed by atoms with Crippen molar-refractivity contribution < 1.29 is 9.59 Å². The van der Waals surface area contributed by atoms with Gasteiger partial charge >= 0.3 is 0 Å². The second kappa shape index (κ2) is 11.3. The monoisotopic (exact) mass is 531 g/mol. The summed E-state index contributed by atoms with van der Waals surface area (Å²) < 4.78 is 0. The van der Waals surface area contributed by atoms with Crippen LogP contribution in [0.1, 0.15) is 12.0 Å². The minimum absolute atomic E-state index is 0.0517. The summed E-state index contributed by atoms with van der Waals surface area (Å²) in [5.74, 6) is -0.476. The first-order chi connectivity index (χ1) is 16.4. The Morgan fingerprint density at radius 2 is 1.76 bits per heavy atom. The number of anilines is 1. The van der Waals surface area contributed by atoms with Crippen molar-refractivity contribution in [2.24, 2.45) is 4.99 Å². The molecule has 5 nitrogen and oxygen atoms in total. The number of carbonyl (C=O) groups excluding carboxylic acids is 2. The third kappa shape index (κ3) is 6.33. The summed E-state index contributed by atoms with van der Waals surface area (Å²) in [5.41, 5.74) is 2.15. The van der Waals surface area contributed by atoms with Gasteiger partial charge in [0.25, 0.3) is 0 Å². The number of aliphatic imine (C=N–C) groups is 1. The molecule has 3 aromatic carbocycles. The molecule has 1 N–H and O–H groups in total. The zero-order chi connectivity index (χ0) is 24.1. The second-order valence-corrected chi connectivity index (χ2v) is 10.0. The topological polar surface area (TPSA) is 61.8 Å². The van der Waals surface area contributed by atoms with E-state index in [9.17, 15) is 9.59 Å². The molecule has 1 aliphatic heterocycles. The summed E-state index contributed by atoms with van der Waals surface area (Å²) in [6.45, 7) is 0.422. The Morgan fingerprint density at radius 3 is 2.50 bits per heavy atom. The van der Waals surface area contributed by atoms with Gasteiger partial charge in [-0.3, -0.25) is 14.5 Å². The highest BCUT2D eigenvalue weighted by Gasteiger charge is 2.36. The molecule has 4 rings (SSSR count). The molecule has 0 spiro atoms. The van der Waals surface area contributed by atoms with Crippen LogP contribution in [0.4, 0.5) is 11.4 Å². The normalized spacial score (nSPS) is 17.1. The van der Waals surface area contributed by atoms with Gasteiger partial charge in [0.2, 0.25) is 11.8 Å². The first kappa shape index (κ1) is 24.6. The van der Waals surface area contributed by atoms with E-state index >= 15 is 0 Å². The van der Waals surface area contributed by atoms with E-state index in [-0.39, 0.29) is 18.2 Å². The Bertz CT molecular complexity index is 1230. The summed E-state index contributed by atoms with van der Waals surface area (Å²) in [4.78, 5) is 32.4. The SMILES string of the molecule is O=C(Nc1ccccc1Cl)C1CC(=O)N(CCc2ccc(Cl)cc2)C(=Nc2cccc(Cl)c2)S1. The van der Waals surface area contributed by atoms with Gasteiger partial charge in [0.15, 0.2) is 5.17 Å². The molecule has 1 aliphatic rings. The molecule has 1 heterocycles. The summed E-state index contributed by atoms with van der Waals surface area (Å²) >= 11 is 19.5. The van der Waals surface area contributed by atoms with Crippen molar-refractivity contribution in [2.45, 2.75) is 18.1 Å². The van der Waals surface area contributed by atoms with Gasteiger partial charge < -0.3 is 5.32 Å². The standard InChI is InChI=1S/C25H20Cl3N3O2S/c26-17-10-8-16(9-11-17)12-13-31-23(32)15-22(24(33)30-21-7-2-1-6-20(21)28)34-25(31)29-19-5-3-4-18(27)14-19/h1-11,14,22H,12-13,15H2,(H,30,33). The van der Waals surface area contributed by atoms with Crippen molar-refractivity contribution in [3.05, 3.63) is 93.4 Å². The van der Waals surface area contributed by atoms with Gasteiger partial charge in [0.1, 0.15) is 5.25 Å². The van der Waals surface area contributed by atoms with Gasteiger partial charge in [-0.15, -0.1) is 0 Å². The third-order valence-electron chi connectivity index (χ3n) is 5.13. The number of nitrogens with one attached hydrogen (secondary N) is 1. The molecule has 0 aromatic heterocycles. The maximum atomic E-state index is 13.1. The lowest BCUT2D eigenvalue weighted by atomic mass is 10.1. The predicted molar refractivity (Wildman–Crippen MR) is 141 cm³/mol. The molecular weight excluding hydrogens is 513 g/mol. The Morgan fingerprint density at radius 1 is 1.00 bits per heavy atom. The van der Waals surface area contributed by atoms with Crippen molar-refractivity contribution in [2.75, 3.05) is 11.9 Å². The van der Waals surface area contributed by atoms with Crippen LogP contribution < -0.4 is 5.32 Å². The zero-order valence-electron chi connectivity index (χ0n) is 17.9. The zero-order valence-corrected chi connectivity index (χ0v) is 21.0. The molecule has 0 aliphatic carbocycles. The van der Waals surface area contributed by atoms with Crippen LogP contribution in [-0.2, 0) is 16.0 Å². The molecular formula is C25H20Cl3N3O2S. The summed E-state index contributed by atoms with van der Waals surface area (Å²) in [5, 5.41) is 4.25. The lowest BCUT2D eigenvalue weighted by Crippen LogP contribution is -2.46.